The Morgan fingerprint density at radius 2 is 1.93 bits per heavy atom. The molecule has 3 heterocycles. The summed E-state index contributed by atoms with van der Waals surface area (Å²) in [6, 6.07) is 11.5. The lowest BCUT2D eigenvalue weighted by atomic mass is 10.2. The van der Waals surface area contributed by atoms with Crippen molar-refractivity contribution >= 4 is 34.9 Å². The van der Waals surface area contributed by atoms with E-state index in [2.05, 4.69) is 37.3 Å². The number of rotatable bonds is 8. The molecule has 0 bridgehead atoms. The molecule has 1 fully saturated rings. The van der Waals surface area contributed by atoms with E-state index in [-0.39, 0.29) is 0 Å². The van der Waals surface area contributed by atoms with Gasteiger partial charge in [0.05, 0.1) is 6.20 Å². The molecule has 4 rings (SSSR count). The Morgan fingerprint density at radius 1 is 1.17 bits per heavy atom. The van der Waals surface area contributed by atoms with Crippen LogP contribution < -0.4 is 16.0 Å². The van der Waals surface area contributed by atoms with Crippen LogP contribution in [0.4, 0.5) is 23.1 Å². The van der Waals surface area contributed by atoms with Gasteiger partial charge in [0.2, 0.25) is 0 Å². The Labute approximate surface area is 182 Å². The molecule has 4 N–H and O–H groups in total. The number of likely N-dealkylation sites (N-methyl/N-ethyl adjacent to an activating group) is 1. The number of hydrogen-bond acceptors (Lipinski definition) is 8. The molecular formula is C21H30N8S. The van der Waals surface area contributed by atoms with Crippen molar-refractivity contribution in [3.8, 4) is 0 Å². The van der Waals surface area contributed by atoms with Gasteiger partial charge < -0.3 is 20.9 Å². The van der Waals surface area contributed by atoms with Crippen LogP contribution in [0.2, 0.25) is 0 Å². The monoisotopic (exact) mass is 426 g/mol. The van der Waals surface area contributed by atoms with Gasteiger partial charge in [-0.25, -0.2) is 9.97 Å². The summed E-state index contributed by atoms with van der Waals surface area (Å²) in [5.41, 5.74) is 6.53. The highest BCUT2D eigenvalue weighted by Crippen LogP contribution is 2.29. The second-order valence-corrected chi connectivity index (χ2v) is 7.82. The molecule has 0 atom stereocenters. The van der Waals surface area contributed by atoms with Crippen LogP contribution >= 0.6 is 11.8 Å². The van der Waals surface area contributed by atoms with Crippen molar-refractivity contribution in [2.75, 3.05) is 49.2 Å². The number of nitrogens with two attached hydrogens (primary N) is 1. The molecule has 0 spiro atoms. The molecule has 2 aromatic heterocycles. The van der Waals surface area contributed by atoms with Crippen LogP contribution in [0.3, 0.4) is 0 Å². The zero-order valence-electron chi connectivity index (χ0n) is 17.8. The predicted molar refractivity (Wildman–Crippen MR) is 125 cm³/mol. The summed E-state index contributed by atoms with van der Waals surface area (Å²) in [7, 11) is 2.07. The summed E-state index contributed by atoms with van der Waals surface area (Å²) < 4.78 is 0. The minimum atomic E-state index is 0.681. The SMILES string of the molecule is CC.CN(CCN1CCC1)c1cc(Nc2ccn[nH]2)nc(Sc2ccc(N)cc2)n1. The summed E-state index contributed by atoms with van der Waals surface area (Å²) in [6.45, 7) is 8.36. The molecule has 1 aromatic carbocycles. The first-order valence-corrected chi connectivity index (χ1v) is 11.1. The van der Waals surface area contributed by atoms with E-state index in [0.717, 1.165) is 41.1 Å². The largest absolute Gasteiger partial charge is 0.399 e. The molecule has 0 radical (unpaired) electrons. The van der Waals surface area contributed by atoms with Gasteiger partial charge in [-0.2, -0.15) is 5.10 Å². The molecule has 1 aliphatic rings. The number of likely N-dealkylation sites (tertiary alicyclic amines) is 1. The number of nitrogens with one attached hydrogen (secondary N) is 2. The van der Waals surface area contributed by atoms with Gasteiger partial charge in [-0.1, -0.05) is 13.8 Å². The van der Waals surface area contributed by atoms with E-state index < -0.39 is 0 Å². The Kier molecular flexibility index (Phi) is 7.92. The standard InChI is InChI=1S/C19H24N8S.C2H6/c1-26(11-12-27-9-2-10-27)18-13-17(22-16-7-8-21-25-16)23-19(24-18)28-15-5-3-14(20)4-6-15;1-2/h3-8,13H,2,9-12,20H2,1H3,(H2,21,22,23,24,25);1-2H3. The third kappa shape index (κ3) is 6.11. The van der Waals surface area contributed by atoms with Gasteiger partial charge in [-0.05, 0) is 55.5 Å². The third-order valence-electron chi connectivity index (χ3n) is 4.64. The van der Waals surface area contributed by atoms with Gasteiger partial charge in [0.25, 0.3) is 0 Å². The number of nitrogens with zero attached hydrogens (tertiary/aromatic N) is 5. The maximum absolute atomic E-state index is 5.79. The van der Waals surface area contributed by atoms with Crippen molar-refractivity contribution in [1.82, 2.24) is 25.1 Å². The van der Waals surface area contributed by atoms with Crippen LogP contribution in [0.25, 0.3) is 0 Å². The van der Waals surface area contributed by atoms with Gasteiger partial charge >= 0.3 is 0 Å². The van der Waals surface area contributed by atoms with E-state index in [4.69, 9.17) is 10.7 Å². The predicted octanol–water partition coefficient (Wildman–Crippen LogP) is 3.84. The molecule has 0 aliphatic carbocycles. The van der Waals surface area contributed by atoms with Crippen LogP contribution in [0.5, 0.6) is 0 Å². The molecule has 1 aliphatic heterocycles. The smallest absolute Gasteiger partial charge is 0.196 e. The summed E-state index contributed by atoms with van der Waals surface area (Å²) in [4.78, 5) is 15.1. The van der Waals surface area contributed by atoms with E-state index >= 15 is 0 Å². The zero-order chi connectivity index (χ0) is 21.3. The highest BCUT2D eigenvalue weighted by atomic mass is 32.2. The highest BCUT2D eigenvalue weighted by Gasteiger charge is 2.15. The first kappa shape index (κ1) is 21.9. The molecular weight excluding hydrogens is 396 g/mol. The van der Waals surface area contributed by atoms with Crippen LogP contribution in [0.15, 0.2) is 52.6 Å². The summed E-state index contributed by atoms with van der Waals surface area (Å²) in [6.07, 6.45) is 3.01. The van der Waals surface area contributed by atoms with Crippen molar-refractivity contribution in [1.29, 1.82) is 0 Å². The number of nitrogen functional groups attached to an aromatic ring is 1. The Hall–Kier alpha value is -2.78. The first-order valence-electron chi connectivity index (χ1n) is 10.3. The Bertz CT molecular complexity index is 894. The fourth-order valence-corrected chi connectivity index (χ4v) is 3.60. The molecule has 9 heteroatoms. The molecule has 0 saturated carbocycles. The minimum Gasteiger partial charge on any atom is -0.399 e. The quantitative estimate of drug-likeness (QED) is 0.369. The maximum atomic E-state index is 5.79. The second kappa shape index (κ2) is 10.8. The molecule has 8 nitrogen and oxygen atoms in total. The Morgan fingerprint density at radius 3 is 2.57 bits per heavy atom. The fourth-order valence-electron chi connectivity index (χ4n) is 2.83. The first-order chi connectivity index (χ1) is 14.7. The van der Waals surface area contributed by atoms with E-state index in [0.29, 0.717) is 5.16 Å². The van der Waals surface area contributed by atoms with E-state index in [9.17, 15) is 0 Å². The number of H-pyrrole nitrogens is 1. The lowest BCUT2D eigenvalue weighted by molar-refractivity contribution is 0.186. The normalized spacial score (nSPS) is 13.2. The maximum Gasteiger partial charge on any atom is 0.196 e. The van der Waals surface area contributed by atoms with Gasteiger partial charge in [-0.3, -0.25) is 5.10 Å². The Balaban J connectivity index is 0.00000124. The second-order valence-electron chi connectivity index (χ2n) is 6.78. The zero-order valence-corrected chi connectivity index (χ0v) is 18.6. The van der Waals surface area contributed by atoms with Crippen LogP contribution in [0.1, 0.15) is 20.3 Å². The minimum absolute atomic E-state index is 0.681. The van der Waals surface area contributed by atoms with Gasteiger partial charge in [0.1, 0.15) is 17.5 Å². The van der Waals surface area contributed by atoms with E-state index in [1.807, 2.05) is 50.2 Å². The van der Waals surface area contributed by atoms with Crippen molar-refractivity contribution in [2.45, 2.75) is 30.3 Å². The number of hydrogen-bond donors (Lipinski definition) is 3. The molecule has 160 valence electrons. The summed E-state index contributed by atoms with van der Waals surface area (Å²) in [5, 5.41) is 10.8. The highest BCUT2D eigenvalue weighted by molar-refractivity contribution is 7.99. The molecule has 3 aromatic rings. The summed E-state index contributed by atoms with van der Waals surface area (Å²) in [5.74, 6) is 2.40. The number of benzene rings is 1. The lowest BCUT2D eigenvalue weighted by Crippen LogP contribution is -2.42. The summed E-state index contributed by atoms with van der Waals surface area (Å²) >= 11 is 1.51. The number of anilines is 4. The average molecular weight is 427 g/mol. The lowest BCUT2D eigenvalue weighted by Gasteiger charge is -2.32. The van der Waals surface area contributed by atoms with Crippen molar-refractivity contribution in [3.05, 3.63) is 42.6 Å². The number of aromatic nitrogens is 4. The van der Waals surface area contributed by atoms with Gasteiger partial charge in [-0.15, -0.1) is 0 Å². The fraction of sp³-hybridized carbons (Fsp3) is 0.381. The molecule has 0 amide bonds. The average Bonchev–Trinajstić information content (AvgIpc) is 3.23. The van der Waals surface area contributed by atoms with Crippen molar-refractivity contribution < 1.29 is 0 Å². The molecule has 30 heavy (non-hydrogen) atoms. The van der Waals surface area contributed by atoms with Gasteiger partial charge in [0.15, 0.2) is 5.16 Å². The van der Waals surface area contributed by atoms with E-state index in [1.165, 1.54) is 31.3 Å². The van der Waals surface area contributed by atoms with Crippen LogP contribution in [-0.2, 0) is 0 Å². The van der Waals surface area contributed by atoms with Gasteiger partial charge in [0, 0.05) is 42.9 Å². The topological polar surface area (TPSA) is 99.0 Å². The third-order valence-corrected chi connectivity index (χ3v) is 5.51. The molecule has 0 unspecified atom stereocenters. The molecule has 1 saturated heterocycles. The van der Waals surface area contributed by atoms with Crippen molar-refractivity contribution in [3.63, 3.8) is 0 Å². The van der Waals surface area contributed by atoms with Crippen LogP contribution in [0, 0.1) is 0 Å². The van der Waals surface area contributed by atoms with E-state index in [1.54, 1.807) is 6.20 Å². The van der Waals surface area contributed by atoms with Crippen molar-refractivity contribution in [2.24, 2.45) is 0 Å². The van der Waals surface area contributed by atoms with Crippen LogP contribution in [-0.4, -0.2) is 58.3 Å². The number of aromatic amines is 1.